The Morgan fingerprint density at radius 2 is 2.00 bits per heavy atom. The van der Waals surface area contributed by atoms with E-state index in [-0.39, 0.29) is 31.1 Å². The average Bonchev–Trinajstić information content (AvgIpc) is 3.21. The molecule has 1 atom stereocenters. The molecule has 2 amide bonds. The lowest BCUT2D eigenvalue weighted by molar-refractivity contribution is 0.0514. The molecule has 0 bridgehead atoms. The maximum Gasteiger partial charge on any atom is 0.355 e. The number of ether oxygens (including phenoxy) is 2. The molecule has 1 fully saturated rings. The Morgan fingerprint density at radius 1 is 1.29 bits per heavy atom. The monoisotopic (exact) mass is 393 g/mol. The first-order chi connectivity index (χ1) is 13.3. The van der Waals surface area contributed by atoms with E-state index in [0.29, 0.717) is 42.2 Å². The molecule has 0 saturated carbocycles. The van der Waals surface area contributed by atoms with Crippen molar-refractivity contribution < 1.29 is 23.9 Å². The van der Waals surface area contributed by atoms with Gasteiger partial charge in [0.05, 0.1) is 19.3 Å². The van der Waals surface area contributed by atoms with Crippen LogP contribution in [0.5, 0.6) is 0 Å². The summed E-state index contributed by atoms with van der Waals surface area (Å²) < 4.78 is 12.4. The van der Waals surface area contributed by atoms with Gasteiger partial charge >= 0.3 is 12.0 Å². The zero-order chi connectivity index (χ0) is 20.8. The molecule has 0 radical (unpaired) electrons. The van der Waals surface area contributed by atoms with Gasteiger partial charge in [-0.25, -0.2) is 9.59 Å². The van der Waals surface area contributed by atoms with Gasteiger partial charge in [-0.3, -0.25) is 4.79 Å². The summed E-state index contributed by atoms with van der Waals surface area (Å²) >= 11 is 0. The zero-order valence-electron chi connectivity index (χ0n) is 17.5. The van der Waals surface area contributed by atoms with Crippen molar-refractivity contribution in [1.29, 1.82) is 0 Å². The van der Waals surface area contributed by atoms with Crippen molar-refractivity contribution in [2.24, 2.45) is 7.05 Å². The maximum atomic E-state index is 13.1. The fourth-order valence-corrected chi connectivity index (χ4v) is 3.65. The van der Waals surface area contributed by atoms with E-state index in [0.717, 1.165) is 12.8 Å². The van der Waals surface area contributed by atoms with E-state index in [2.05, 4.69) is 5.32 Å². The highest BCUT2D eigenvalue weighted by Gasteiger charge is 2.29. The van der Waals surface area contributed by atoms with Crippen molar-refractivity contribution in [3.8, 4) is 0 Å². The summed E-state index contributed by atoms with van der Waals surface area (Å²) in [4.78, 5) is 39.3. The third-order valence-corrected chi connectivity index (χ3v) is 5.08. The Balaban J connectivity index is 2.25. The van der Waals surface area contributed by atoms with Crippen LogP contribution >= 0.6 is 0 Å². The fourth-order valence-electron chi connectivity index (χ4n) is 3.65. The van der Waals surface area contributed by atoms with Crippen LogP contribution in [0.15, 0.2) is 0 Å². The van der Waals surface area contributed by atoms with E-state index in [1.165, 1.54) is 4.90 Å². The number of esters is 1. The number of nitrogens with one attached hydrogen (secondary N) is 1. The minimum absolute atomic E-state index is 0.0523. The molecule has 1 aromatic heterocycles. The Bertz CT molecular complexity index is 735. The van der Waals surface area contributed by atoms with Gasteiger partial charge in [-0.2, -0.15) is 0 Å². The van der Waals surface area contributed by atoms with E-state index in [4.69, 9.17) is 9.47 Å². The Hall–Kier alpha value is -2.35. The predicted molar refractivity (Wildman–Crippen MR) is 105 cm³/mol. The molecule has 28 heavy (non-hydrogen) atoms. The van der Waals surface area contributed by atoms with Crippen molar-refractivity contribution >= 4 is 17.8 Å². The predicted octanol–water partition coefficient (Wildman–Crippen LogP) is 2.21. The summed E-state index contributed by atoms with van der Waals surface area (Å²) in [6, 6.07) is -0.289. The van der Waals surface area contributed by atoms with E-state index in [9.17, 15) is 14.4 Å². The first-order valence-corrected chi connectivity index (χ1v) is 9.82. The smallest absolute Gasteiger partial charge is 0.355 e. The number of hydrogen-bond donors (Lipinski definition) is 1. The van der Waals surface area contributed by atoms with Crippen LogP contribution in [0.4, 0.5) is 4.79 Å². The lowest BCUT2D eigenvalue weighted by atomic mass is 10.0. The number of amides is 2. The van der Waals surface area contributed by atoms with Gasteiger partial charge in [0.2, 0.25) is 0 Å². The molecule has 0 spiro atoms. The van der Waals surface area contributed by atoms with Crippen molar-refractivity contribution in [3.05, 3.63) is 22.5 Å². The number of rotatable bonds is 8. The molecule has 156 valence electrons. The fraction of sp³-hybridized carbons (Fsp3) is 0.650. The third kappa shape index (κ3) is 4.73. The minimum Gasteiger partial charge on any atom is -0.461 e. The van der Waals surface area contributed by atoms with Gasteiger partial charge in [0.1, 0.15) is 5.69 Å². The number of hydrogen-bond acceptors (Lipinski definition) is 5. The Labute approximate surface area is 166 Å². The van der Waals surface area contributed by atoms with Gasteiger partial charge in [-0.1, -0.05) is 0 Å². The van der Waals surface area contributed by atoms with Crippen LogP contribution in [0.2, 0.25) is 0 Å². The van der Waals surface area contributed by atoms with Gasteiger partial charge in [-0.05, 0) is 46.1 Å². The van der Waals surface area contributed by atoms with Crippen LogP contribution in [-0.2, 0) is 16.5 Å². The number of nitrogens with zero attached hydrogens (tertiary/aromatic N) is 2. The van der Waals surface area contributed by atoms with Crippen molar-refractivity contribution in [1.82, 2.24) is 14.8 Å². The first-order valence-electron chi connectivity index (χ1n) is 9.82. The van der Waals surface area contributed by atoms with Crippen LogP contribution in [0.1, 0.15) is 58.8 Å². The van der Waals surface area contributed by atoms with Crippen molar-refractivity contribution in [2.45, 2.75) is 46.6 Å². The van der Waals surface area contributed by atoms with Gasteiger partial charge in [0.25, 0.3) is 0 Å². The van der Waals surface area contributed by atoms with Crippen LogP contribution in [0.25, 0.3) is 0 Å². The van der Waals surface area contributed by atoms with Gasteiger partial charge in [0, 0.05) is 38.0 Å². The lowest BCUT2D eigenvalue weighted by Gasteiger charge is -2.25. The largest absolute Gasteiger partial charge is 0.461 e. The number of carbonyl (C=O) groups excluding carboxylic acids is 3. The standard InChI is InChI=1S/C20H31N3O5/c1-6-21-20(26)23(11-15-9-8-10-28-15)12-16(24)17-13(3)18(19(25)27-7-2)22(5)14(17)4/h15H,6-12H2,1-5H3,(H,21,26). The highest BCUT2D eigenvalue weighted by molar-refractivity contribution is 6.04. The molecule has 1 aliphatic rings. The topological polar surface area (TPSA) is 89.9 Å². The number of aromatic nitrogens is 1. The van der Waals surface area contributed by atoms with Crippen LogP contribution in [0.3, 0.4) is 0 Å². The molecule has 1 saturated heterocycles. The van der Waals surface area contributed by atoms with Gasteiger partial charge in [-0.15, -0.1) is 0 Å². The molecule has 2 rings (SSSR count). The summed E-state index contributed by atoms with van der Waals surface area (Å²) in [7, 11) is 1.74. The van der Waals surface area contributed by atoms with E-state index < -0.39 is 5.97 Å². The minimum atomic E-state index is -0.454. The second-order valence-electron chi connectivity index (χ2n) is 6.99. The summed E-state index contributed by atoms with van der Waals surface area (Å²) in [5.41, 5.74) is 2.09. The van der Waals surface area contributed by atoms with Crippen molar-refractivity contribution in [3.63, 3.8) is 0 Å². The van der Waals surface area contributed by atoms with Gasteiger partial charge in [0.15, 0.2) is 5.78 Å². The van der Waals surface area contributed by atoms with Crippen LogP contribution in [0, 0.1) is 13.8 Å². The molecular weight excluding hydrogens is 362 g/mol. The molecule has 8 nitrogen and oxygen atoms in total. The molecule has 1 aliphatic heterocycles. The number of ketones is 1. The maximum absolute atomic E-state index is 13.1. The number of carbonyl (C=O) groups is 3. The van der Waals surface area contributed by atoms with Gasteiger partial charge < -0.3 is 24.3 Å². The normalized spacial score (nSPS) is 16.1. The average molecular weight is 393 g/mol. The third-order valence-electron chi connectivity index (χ3n) is 5.08. The number of urea groups is 1. The summed E-state index contributed by atoms with van der Waals surface area (Å²) in [5, 5.41) is 2.76. The second-order valence-corrected chi connectivity index (χ2v) is 6.99. The first kappa shape index (κ1) is 21.9. The summed E-state index contributed by atoms with van der Waals surface area (Å²) in [5.74, 6) is -0.657. The van der Waals surface area contributed by atoms with Crippen molar-refractivity contribution in [2.75, 3.05) is 32.8 Å². The SMILES string of the molecule is CCNC(=O)N(CC(=O)c1c(C)c(C(=O)OCC)n(C)c1C)CC1CCCO1. The molecule has 2 heterocycles. The summed E-state index contributed by atoms with van der Waals surface area (Å²) in [6.45, 7) is 8.83. The quantitative estimate of drug-likeness (QED) is 0.540. The van der Waals surface area contributed by atoms with E-state index >= 15 is 0 Å². The Morgan fingerprint density at radius 3 is 2.57 bits per heavy atom. The Kier molecular flexibility index (Phi) is 7.62. The molecule has 0 aliphatic carbocycles. The highest BCUT2D eigenvalue weighted by Crippen LogP contribution is 2.23. The molecular formula is C20H31N3O5. The second kappa shape index (κ2) is 9.73. The van der Waals surface area contributed by atoms with E-state index in [1.54, 1.807) is 32.4 Å². The molecule has 0 aromatic carbocycles. The molecule has 8 heteroatoms. The van der Waals surface area contributed by atoms with Crippen LogP contribution < -0.4 is 5.32 Å². The summed E-state index contributed by atoms with van der Waals surface area (Å²) in [6.07, 6.45) is 1.78. The molecule has 1 aromatic rings. The molecule has 1 N–H and O–H groups in total. The molecule has 1 unspecified atom stereocenters. The lowest BCUT2D eigenvalue weighted by Crippen LogP contribution is -2.46. The highest BCUT2D eigenvalue weighted by atomic mass is 16.5. The zero-order valence-corrected chi connectivity index (χ0v) is 17.5. The number of Topliss-reactive ketones (excluding diaryl/α,β-unsaturated/α-hetero) is 1. The van der Waals surface area contributed by atoms with E-state index in [1.807, 2.05) is 6.92 Å². The van der Waals surface area contributed by atoms with Crippen LogP contribution in [-0.4, -0.2) is 66.2 Å².